The monoisotopic (exact) mass is 225 g/mol. The van der Waals surface area contributed by atoms with Crippen LogP contribution in [0.1, 0.15) is 0 Å². The zero-order valence-corrected chi connectivity index (χ0v) is 9.35. The predicted octanol–water partition coefficient (Wildman–Crippen LogP) is -1.40. The van der Waals surface area contributed by atoms with Crippen molar-refractivity contribution < 1.29 is 24.4 Å². The van der Waals surface area contributed by atoms with Gasteiger partial charge in [-0.2, -0.15) is 0 Å². The average molecular weight is 225 g/mol. The van der Waals surface area contributed by atoms with Crippen molar-refractivity contribution in [3.63, 3.8) is 0 Å². The first-order chi connectivity index (χ1) is 7.33. The summed E-state index contributed by atoms with van der Waals surface area (Å²) in [6.07, 6.45) is 0. The maximum absolute atomic E-state index is 8.26. The van der Waals surface area contributed by atoms with Crippen LogP contribution in [-0.2, 0) is 14.2 Å². The van der Waals surface area contributed by atoms with Gasteiger partial charge in [0.15, 0.2) is 0 Å². The van der Waals surface area contributed by atoms with Crippen molar-refractivity contribution >= 4 is 0 Å². The Morgan fingerprint density at radius 1 is 0.867 bits per heavy atom. The third kappa shape index (κ3) is 24.8. The summed E-state index contributed by atoms with van der Waals surface area (Å²) < 4.78 is 14.3. The van der Waals surface area contributed by atoms with E-state index in [4.69, 9.17) is 25.4 Å². The van der Waals surface area contributed by atoms with Crippen LogP contribution in [-0.4, -0.2) is 70.1 Å². The molecular formula is C9H23NO5. The SMILES string of the molecule is COCCN.OCCOCCOCCO. The fourth-order valence-electron chi connectivity index (χ4n) is 0.569. The van der Waals surface area contributed by atoms with E-state index in [2.05, 4.69) is 4.74 Å². The van der Waals surface area contributed by atoms with Gasteiger partial charge in [0, 0.05) is 13.7 Å². The fourth-order valence-corrected chi connectivity index (χ4v) is 0.569. The summed E-state index contributed by atoms with van der Waals surface area (Å²) in [7, 11) is 1.63. The van der Waals surface area contributed by atoms with Crippen LogP contribution in [0.25, 0.3) is 0 Å². The van der Waals surface area contributed by atoms with E-state index in [0.717, 1.165) is 0 Å². The Bertz CT molecular complexity index is 84.6. The summed E-state index contributed by atoms with van der Waals surface area (Å²) in [4.78, 5) is 0. The number of hydrogen-bond acceptors (Lipinski definition) is 6. The maximum Gasteiger partial charge on any atom is 0.0701 e. The molecule has 0 atom stereocenters. The normalized spacial score (nSPS) is 9.60. The molecule has 0 aliphatic heterocycles. The lowest BCUT2D eigenvalue weighted by molar-refractivity contribution is 0.0222. The van der Waals surface area contributed by atoms with Crippen molar-refractivity contribution in [1.29, 1.82) is 0 Å². The van der Waals surface area contributed by atoms with E-state index >= 15 is 0 Å². The summed E-state index contributed by atoms with van der Waals surface area (Å²) in [5.41, 5.74) is 5.01. The van der Waals surface area contributed by atoms with E-state index in [1.165, 1.54) is 0 Å². The number of hydrogen-bond donors (Lipinski definition) is 3. The molecule has 0 fully saturated rings. The third-order valence-corrected chi connectivity index (χ3v) is 1.17. The first-order valence-corrected chi connectivity index (χ1v) is 4.89. The lowest BCUT2D eigenvalue weighted by atomic mass is 10.7. The summed E-state index contributed by atoms with van der Waals surface area (Å²) in [6, 6.07) is 0. The van der Waals surface area contributed by atoms with Gasteiger partial charge in [0.05, 0.1) is 46.2 Å². The van der Waals surface area contributed by atoms with Gasteiger partial charge in [-0.1, -0.05) is 0 Å². The van der Waals surface area contributed by atoms with Crippen molar-refractivity contribution in [3.05, 3.63) is 0 Å². The Kier molecular flexibility index (Phi) is 22.1. The molecular weight excluding hydrogens is 202 g/mol. The molecule has 0 saturated heterocycles. The second-order valence-electron chi connectivity index (χ2n) is 2.45. The van der Waals surface area contributed by atoms with Crippen molar-refractivity contribution in [2.24, 2.45) is 5.73 Å². The van der Waals surface area contributed by atoms with Gasteiger partial charge in [-0.25, -0.2) is 0 Å². The minimum Gasteiger partial charge on any atom is -0.394 e. The molecule has 6 nitrogen and oxygen atoms in total. The summed E-state index contributed by atoms with van der Waals surface area (Å²) in [5, 5.41) is 16.5. The third-order valence-electron chi connectivity index (χ3n) is 1.17. The lowest BCUT2D eigenvalue weighted by Gasteiger charge is -2.01. The maximum atomic E-state index is 8.26. The van der Waals surface area contributed by atoms with Crippen LogP contribution in [0.2, 0.25) is 0 Å². The highest BCUT2D eigenvalue weighted by atomic mass is 16.5. The molecule has 15 heavy (non-hydrogen) atoms. The van der Waals surface area contributed by atoms with E-state index in [9.17, 15) is 0 Å². The number of aliphatic hydroxyl groups is 2. The van der Waals surface area contributed by atoms with E-state index in [-0.39, 0.29) is 13.2 Å². The Balaban J connectivity index is 0. The minimum absolute atomic E-state index is 0.0417. The fraction of sp³-hybridized carbons (Fsp3) is 1.00. The molecule has 0 aromatic rings. The number of ether oxygens (including phenoxy) is 3. The predicted molar refractivity (Wildman–Crippen MR) is 56.7 cm³/mol. The van der Waals surface area contributed by atoms with Crippen molar-refractivity contribution in [3.8, 4) is 0 Å². The molecule has 4 N–H and O–H groups in total. The molecule has 94 valence electrons. The van der Waals surface area contributed by atoms with Crippen LogP contribution in [0.15, 0.2) is 0 Å². The van der Waals surface area contributed by atoms with Gasteiger partial charge in [0.25, 0.3) is 0 Å². The van der Waals surface area contributed by atoms with Gasteiger partial charge in [0.1, 0.15) is 0 Å². The van der Waals surface area contributed by atoms with E-state index in [1.807, 2.05) is 0 Å². The first kappa shape index (κ1) is 17.2. The Hall–Kier alpha value is -0.240. The van der Waals surface area contributed by atoms with Crippen molar-refractivity contribution in [2.45, 2.75) is 0 Å². The molecule has 0 aromatic carbocycles. The largest absolute Gasteiger partial charge is 0.394 e. The molecule has 0 aliphatic rings. The van der Waals surface area contributed by atoms with Crippen LogP contribution < -0.4 is 5.73 Å². The molecule has 0 bridgehead atoms. The first-order valence-electron chi connectivity index (χ1n) is 4.89. The second-order valence-corrected chi connectivity index (χ2v) is 2.45. The van der Waals surface area contributed by atoms with Gasteiger partial charge >= 0.3 is 0 Å². The molecule has 0 aromatic heterocycles. The highest BCUT2D eigenvalue weighted by Gasteiger charge is 1.86. The van der Waals surface area contributed by atoms with Gasteiger partial charge in [-0.05, 0) is 0 Å². The van der Waals surface area contributed by atoms with E-state index in [0.29, 0.717) is 39.6 Å². The van der Waals surface area contributed by atoms with Crippen LogP contribution >= 0.6 is 0 Å². The van der Waals surface area contributed by atoms with Crippen LogP contribution in [0.3, 0.4) is 0 Å². The zero-order chi connectivity index (χ0) is 11.8. The Morgan fingerprint density at radius 2 is 1.33 bits per heavy atom. The van der Waals surface area contributed by atoms with Crippen molar-refractivity contribution in [2.75, 3.05) is 59.9 Å². The smallest absolute Gasteiger partial charge is 0.0701 e. The van der Waals surface area contributed by atoms with Crippen LogP contribution in [0, 0.1) is 0 Å². The van der Waals surface area contributed by atoms with Crippen molar-refractivity contribution in [1.82, 2.24) is 0 Å². The number of rotatable bonds is 9. The van der Waals surface area contributed by atoms with Crippen LogP contribution in [0.5, 0.6) is 0 Å². The van der Waals surface area contributed by atoms with Crippen LogP contribution in [0.4, 0.5) is 0 Å². The summed E-state index contributed by atoms with van der Waals surface area (Å²) in [5.74, 6) is 0. The Morgan fingerprint density at radius 3 is 1.53 bits per heavy atom. The summed E-state index contributed by atoms with van der Waals surface area (Å²) >= 11 is 0. The van der Waals surface area contributed by atoms with Gasteiger partial charge < -0.3 is 30.2 Å². The molecule has 0 radical (unpaired) electrons. The molecule has 0 rings (SSSR count). The molecule has 0 aliphatic carbocycles. The highest BCUT2D eigenvalue weighted by molar-refractivity contribution is 4.30. The molecule has 0 spiro atoms. The minimum atomic E-state index is 0.0417. The average Bonchev–Trinajstić information content (AvgIpc) is 2.25. The number of aliphatic hydroxyl groups excluding tert-OH is 2. The molecule has 0 saturated carbocycles. The van der Waals surface area contributed by atoms with E-state index in [1.54, 1.807) is 7.11 Å². The van der Waals surface area contributed by atoms with E-state index < -0.39 is 0 Å². The molecule has 6 heteroatoms. The van der Waals surface area contributed by atoms with Gasteiger partial charge in [-0.3, -0.25) is 0 Å². The quantitative estimate of drug-likeness (QED) is 0.418. The molecule has 0 unspecified atom stereocenters. The molecule has 0 amide bonds. The molecule has 0 heterocycles. The lowest BCUT2D eigenvalue weighted by Crippen LogP contribution is -2.09. The van der Waals surface area contributed by atoms with Gasteiger partial charge in [-0.15, -0.1) is 0 Å². The topological polar surface area (TPSA) is 94.2 Å². The Labute approximate surface area is 90.9 Å². The number of methoxy groups -OCH3 is 1. The standard InChI is InChI=1S/C6H14O4.C3H9NO/c7-1-3-9-5-6-10-4-2-8;1-5-3-2-4/h7-8H,1-6H2;2-4H2,1H3. The second kappa shape index (κ2) is 19.4. The van der Waals surface area contributed by atoms with Gasteiger partial charge in [0.2, 0.25) is 0 Å². The highest BCUT2D eigenvalue weighted by Crippen LogP contribution is 1.76. The number of nitrogens with two attached hydrogens (primary N) is 1. The summed E-state index contributed by atoms with van der Waals surface area (Å²) in [6.45, 7) is 3.02. The zero-order valence-electron chi connectivity index (χ0n) is 9.35.